The summed E-state index contributed by atoms with van der Waals surface area (Å²) in [6.07, 6.45) is 0.725. The van der Waals surface area contributed by atoms with E-state index >= 15 is 9.18 Å². The molecule has 12 heteroatoms. The number of ether oxygens (including phenoxy) is 4. The summed E-state index contributed by atoms with van der Waals surface area (Å²) in [5.41, 5.74) is 6.26. The summed E-state index contributed by atoms with van der Waals surface area (Å²) >= 11 is 0. The van der Waals surface area contributed by atoms with Gasteiger partial charge < -0.3 is 33.5 Å². The highest BCUT2D eigenvalue weighted by molar-refractivity contribution is 6.12. The summed E-state index contributed by atoms with van der Waals surface area (Å²) in [6.45, 7) is 6.81. The van der Waals surface area contributed by atoms with Crippen LogP contribution in [0.2, 0.25) is 0 Å². The molecule has 1 fully saturated rings. The first-order valence-corrected chi connectivity index (χ1v) is 18.6. The molecule has 4 aliphatic heterocycles. The first-order chi connectivity index (χ1) is 26.8. The van der Waals surface area contributed by atoms with Crippen molar-refractivity contribution in [2.75, 3.05) is 51.1 Å². The molecule has 0 radical (unpaired) electrons. The van der Waals surface area contributed by atoms with Crippen LogP contribution in [0.1, 0.15) is 43.1 Å². The molecule has 5 heterocycles. The summed E-state index contributed by atoms with van der Waals surface area (Å²) in [5.74, 6) is 0.0231. The molecule has 0 unspecified atom stereocenters. The van der Waals surface area contributed by atoms with Crippen molar-refractivity contribution in [2.24, 2.45) is 0 Å². The molecule has 0 spiro atoms. The molecule has 1 saturated heterocycles. The van der Waals surface area contributed by atoms with Gasteiger partial charge in [0.2, 0.25) is 6.79 Å². The molecule has 1 aromatic heterocycles. The smallest absolute Gasteiger partial charge is 0.264 e. The molecular formula is C43H41FN4O7. The van der Waals surface area contributed by atoms with Crippen LogP contribution in [-0.4, -0.2) is 83.6 Å². The van der Waals surface area contributed by atoms with Crippen molar-refractivity contribution in [2.45, 2.75) is 39.1 Å². The Labute approximate surface area is 318 Å². The van der Waals surface area contributed by atoms with E-state index in [0.29, 0.717) is 96.0 Å². The molecule has 5 aromatic rings. The van der Waals surface area contributed by atoms with E-state index in [-0.39, 0.29) is 31.1 Å². The predicted octanol–water partition coefficient (Wildman–Crippen LogP) is 6.44. The topological polar surface area (TPSA) is 106 Å². The zero-order valence-corrected chi connectivity index (χ0v) is 30.5. The van der Waals surface area contributed by atoms with Crippen LogP contribution in [0.5, 0.6) is 17.2 Å². The van der Waals surface area contributed by atoms with Crippen molar-refractivity contribution in [1.82, 2.24) is 14.4 Å². The molecule has 0 aliphatic carbocycles. The van der Waals surface area contributed by atoms with Gasteiger partial charge in [0.25, 0.3) is 11.8 Å². The van der Waals surface area contributed by atoms with Crippen molar-refractivity contribution in [3.63, 3.8) is 0 Å². The number of benzene rings is 4. The molecular weight excluding hydrogens is 703 g/mol. The second-order valence-corrected chi connectivity index (χ2v) is 14.4. The summed E-state index contributed by atoms with van der Waals surface area (Å²) in [4.78, 5) is 35.8. The van der Waals surface area contributed by atoms with Crippen molar-refractivity contribution in [1.29, 1.82) is 0 Å². The van der Waals surface area contributed by atoms with E-state index in [2.05, 4.69) is 23.1 Å². The number of rotatable bonds is 7. The Morgan fingerprint density at radius 1 is 0.836 bits per heavy atom. The monoisotopic (exact) mass is 744 g/mol. The Morgan fingerprint density at radius 2 is 1.56 bits per heavy atom. The second-order valence-electron chi connectivity index (χ2n) is 14.4. The number of phenols is 1. The highest BCUT2D eigenvalue weighted by atomic mass is 19.1. The van der Waals surface area contributed by atoms with Gasteiger partial charge in [-0.1, -0.05) is 30.3 Å². The molecule has 0 saturated carbocycles. The van der Waals surface area contributed by atoms with Crippen LogP contribution in [0.3, 0.4) is 0 Å². The van der Waals surface area contributed by atoms with Crippen LogP contribution >= 0.6 is 0 Å². The van der Waals surface area contributed by atoms with Gasteiger partial charge in [-0.2, -0.15) is 0 Å². The van der Waals surface area contributed by atoms with Crippen LogP contribution in [0.4, 0.5) is 15.8 Å². The standard InChI is InChI=1S/C43H41FN4O7/c1-27-6-7-31(19-37(27)44)48(30-8-10-33(49)11-9-30)43(51)36-20-38(46-14-17-53-25-39(36)46)34-21-40-41(55-26-54-40)22-35(34)42(50)47-23-29-5-3-2-4-28(29)18-32(47)24-45-12-15-52-16-13-45/h2-11,19-22,32,49H,12-18,23-26H2,1H3/t32-/m0/s1. The van der Waals surface area contributed by atoms with Gasteiger partial charge >= 0.3 is 0 Å². The first kappa shape index (κ1) is 35.0. The molecule has 4 aromatic carbocycles. The number of carbonyl (C=O) groups is 2. The Kier molecular flexibility index (Phi) is 9.25. The average molecular weight is 745 g/mol. The zero-order valence-electron chi connectivity index (χ0n) is 30.5. The van der Waals surface area contributed by atoms with Crippen LogP contribution in [0, 0.1) is 12.7 Å². The van der Waals surface area contributed by atoms with Gasteiger partial charge in [0.05, 0.1) is 54.6 Å². The number of hydrogen-bond acceptors (Lipinski definition) is 8. The Balaban J connectivity index is 1.16. The van der Waals surface area contributed by atoms with E-state index in [9.17, 15) is 9.90 Å². The number of fused-ring (bicyclic) bond motifs is 3. The summed E-state index contributed by atoms with van der Waals surface area (Å²) in [6, 6.07) is 24.5. The first-order valence-electron chi connectivity index (χ1n) is 18.6. The van der Waals surface area contributed by atoms with Gasteiger partial charge in [-0.15, -0.1) is 0 Å². The quantitative estimate of drug-likeness (QED) is 0.203. The maximum absolute atomic E-state index is 15.2. The summed E-state index contributed by atoms with van der Waals surface area (Å²) in [5, 5.41) is 10.1. The Hall–Kier alpha value is -5.69. The normalized spacial score (nSPS) is 17.8. The maximum Gasteiger partial charge on any atom is 0.264 e. The highest BCUT2D eigenvalue weighted by Gasteiger charge is 2.36. The van der Waals surface area contributed by atoms with E-state index in [4.69, 9.17) is 18.9 Å². The van der Waals surface area contributed by atoms with Gasteiger partial charge in [0, 0.05) is 50.0 Å². The lowest BCUT2D eigenvalue weighted by molar-refractivity contribution is 0.0193. The van der Waals surface area contributed by atoms with Crippen LogP contribution in [-0.2, 0) is 35.6 Å². The number of carbonyl (C=O) groups excluding carboxylic acids is 2. The lowest BCUT2D eigenvalue weighted by Crippen LogP contribution is -2.52. The number of nitrogens with zero attached hydrogens (tertiary/aromatic N) is 4. The van der Waals surface area contributed by atoms with Gasteiger partial charge in [-0.25, -0.2) is 4.39 Å². The fraction of sp³-hybridized carbons (Fsp3) is 0.302. The van der Waals surface area contributed by atoms with Gasteiger partial charge in [0.15, 0.2) is 11.5 Å². The number of aromatic hydroxyl groups is 1. The minimum absolute atomic E-state index is 0.0295. The van der Waals surface area contributed by atoms with E-state index in [1.54, 1.807) is 43.3 Å². The van der Waals surface area contributed by atoms with Crippen molar-refractivity contribution < 1.29 is 38.0 Å². The third kappa shape index (κ3) is 6.60. The van der Waals surface area contributed by atoms with Gasteiger partial charge in [-0.05, 0) is 84.6 Å². The van der Waals surface area contributed by atoms with Crippen LogP contribution < -0.4 is 14.4 Å². The molecule has 1 atom stereocenters. The summed E-state index contributed by atoms with van der Waals surface area (Å²) in [7, 11) is 0. The lowest BCUT2D eigenvalue weighted by Gasteiger charge is -2.40. The summed E-state index contributed by atoms with van der Waals surface area (Å²) < 4.78 is 40.3. The van der Waals surface area contributed by atoms with Crippen LogP contribution in [0.15, 0.2) is 84.9 Å². The van der Waals surface area contributed by atoms with E-state index in [1.165, 1.54) is 28.7 Å². The average Bonchev–Trinajstić information content (AvgIpc) is 3.84. The zero-order chi connectivity index (χ0) is 37.6. The molecule has 11 nitrogen and oxygen atoms in total. The third-order valence-corrected chi connectivity index (χ3v) is 11.1. The predicted molar refractivity (Wildman–Crippen MR) is 202 cm³/mol. The maximum atomic E-state index is 15.2. The Morgan fingerprint density at radius 3 is 2.35 bits per heavy atom. The highest BCUT2D eigenvalue weighted by Crippen LogP contribution is 2.42. The molecule has 1 N–H and O–H groups in total. The number of aromatic nitrogens is 1. The SMILES string of the molecule is Cc1ccc(N(C(=O)c2cc(-c3cc4c(cc3C(=O)N3Cc5ccccc5C[C@H]3CN3CCOCC3)OCO4)n3c2COCC3)c2ccc(O)cc2)cc1F. The van der Waals surface area contributed by atoms with Crippen molar-refractivity contribution >= 4 is 23.2 Å². The molecule has 2 amide bonds. The van der Waals surface area contributed by atoms with Crippen molar-refractivity contribution in [3.05, 3.63) is 124 Å². The molecule has 4 aliphatic rings. The van der Waals surface area contributed by atoms with E-state index < -0.39 is 11.7 Å². The Bertz CT molecular complexity index is 2280. The fourth-order valence-corrected chi connectivity index (χ4v) is 8.12. The second kappa shape index (κ2) is 14.5. The number of morpholine rings is 1. The number of hydrogen-bond donors (Lipinski definition) is 1. The van der Waals surface area contributed by atoms with Gasteiger partial charge in [0.1, 0.15) is 11.6 Å². The van der Waals surface area contributed by atoms with Gasteiger partial charge in [-0.3, -0.25) is 19.4 Å². The number of halogens is 1. The number of anilines is 2. The van der Waals surface area contributed by atoms with Crippen LogP contribution in [0.25, 0.3) is 11.3 Å². The third-order valence-electron chi connectivity index (χ3n) is 11.1. The molecule has 0 bridgehead atoms. The molecule has 55 heavy (non-hydrogen) atoms. The largest absolute Gasteiger partial charge is 0.508 e. The molecule has 9 rings (SSSR count). The minimum Gasteiger partial charge on any atom is -0.508 e. The lowest BCUT2D eigenvalue weighted by atomic mass is 9.92. The van der Waals surface area contributed by atoms with E-state index in [1.807, 2.05) is 21.6 Å². The fourth-order valence-electron chi connectivity index (χ4n) is 8.12. The van der Waals surface area contributed by atoms with Crippen molar-refractivity contribution in [3.8, 4) is 28.5 Å². The molecule has 282 valence electrons. The van der Waals surface area contributed by atoms with E-state index in [0.717, 1.165) is 25.1 Å². The number of phenolic OH excluding ortho intramolecular Hbond substituents is 1. The minimum atomic E-state index is -0.451. The number of amides is 2. The number of aryl methyl sites for hydroxylation is 1.